The SMILES string of the molecule is Cc1ccc(NC2CCc3cc(Br)ccc32)cc1C. The summed E-state index contributed by atoms with van der Waals surface area (Å²) in [6, 6.07) is 13.7. The summed E-state index contributed by atoms with van der Waals surface area (Å²) in [5.41, 5.74) is 6.83. The first-order valence-corrected chi connectivity index (χ1v) is 7.55. The molecule has 0 saturated carbocycles. The Morgan fingerprint density at radius 3 is 2.68 bits per heavy atom. The number of fused-ring (bicyclic) bond motifs is 1. The van der Waals surface area contributed by atoms with Gasteiger partial charge in [0, 0.05) is 10.2 Å². The van der Waals surface area contributed by atoms with Crippen LogP contribution in [0.3, 0.4) is 0 Å². The Kier molecular flexibility index (Phi) is 3.36. The van der Waals surface area contributed by atoms with Crippen molar-refractivity contribution in [2.24, 2.45) is 0 Å². The van der Waals surface area contributed by atoms with Gasteiger partial charge in [0.25, 0.3) is 0 Å². The van der Waals surface area contributed by atoms with E-state index in [-0.39, 0.29) is 0 Å². The van der Waals surface area contributed by atoms with Crippen LogP contribution in [0, 0.1) is 13.8 Å². The highest BCUT2D eigenvalue weighted by Gasteiger charge is 2.22. The maximum absolute atomic E-state index is 3.67. The average Bonchev–Trinajstić information content (AvgIpc) is 2.76. The van der Waals surface area contributed by atoms with Gasteiger partial charge in [-0.2, -0.15) is 0 Å². The van der Waals surface area contributed by atoms with Crippen LogP contribution in [-0.4, -0.2) is 0 Å². The highest BCUT2D eigenvalue weighted by molar-refractivity contribution is 9.10. The molecule has 1 aliphatic carbocycles. The first-order chi connectivity index (χ1) is 9.13. The minimum atomic E-state index is 0.449. The number of nitrogens with one attached hydrogen (secondary N) is 1. The van der Waals surface area contributed by atoms with E-state index in [0.29, 0.717) is 6.04 Å². The normalized spacial score (nSPS) is 17.3. The third-order valence-electron chi connectivity index (χ3n) is 4.03. The molecule has 0 aromatic heterocycles. The van der Waals surface area contributed by atoms with Crippen molar-refractivity contribution in [2.75, 3.05) is 5.32 Å². The molecule has 0 saturated heterocycles. The van der Waals surface area contributed by atoms with Gasteiger partial charge in [0.2, 0.25) is 0 Å². The molecule has 3 rings (SSSR count). The van der Waals surface area contributed by atoms with Crippen molar-refractivity contribution in [3.63, 3.8) is 0 Å². The van der Waals surface area contributed by atoms with Crippen molar-refractivity contribution in [1.29, 1.82) is 0 Å². The van der Waals surface area contributed by atoms with Gasteiger partial charge in [-0.05, 0) is 73.2 Å². The van der Waals surface area contributed by atoms with Crippen molar-refractivity contribution in [3.8, 4) is 0 Å². The number of benzene rings is 2. The number of halogens is 1. The van der Waals surface area contributed by atoms with Crippen LogP contribution >= 0.6 is 15.9 Å². The van der Waals surface area contributed by atoms with E-state index in [1.54, 1.807) is 0 Å². The van der Waals surface area contributed by atoms with Gasteiger partial charge in [0.15, 0.2) is 0 Å². The zero-order chi connectivity index (χ0) is 13.4. The summed E-state index contributed by atoms with van der Waals surface area (Å²) in [6.45, 7) is 4.32. The van der Waals surface area contributed by atoms with Gasteiger partial charge in [-0.25, -0.2) is 0 Å². The van der Waals surface area contributed by atoms with E-state index >= 15 is 0 Å². The number of rotatable bonds is 2. The van der Waals surface area contributed by atoms with Crippen LogP contribution in [0.1, 0.15) is 34.7 Å². The lowest BCUT2D eigenvalue weighted by Crippen LogP contribution is -2.07. The molecule has 0 heterocycles. The van der Waals surface area contributed by atoms with Gasteiger partial charge in [-0.15, -0.1) is 0 Å². The molecule has 1 N–H and O–H groups in total. The summed E-state index contributed by atoms with van der Waals surface area (Å²) in [7, 11) is 0. The molecule has 0 radical (unpaired) electrons. The highest BCUT2D eigenvalue weighted by atomic mass is 79.9. The van der Waals surface area contributed by atoms with E-state index in [0.717, 1.165) is 6.42 Å². The topological polar surface area (TPSA) is 12.0 Å². The van der Waals surface area contributed by atoms with Crippen LogP contribution in [-0.2, 0) is 6.42 Å². The van der Waals surface area contributed by atoms with Crippen LogP contribution in [0.25, 0.3) is 0 Å². The van der Waals surface area contributed by atoms with E-state index in [4.69, 9.17) is 0 Å². The van der Waals surface area contributed by atoms with E-state index in [1.165, 1.54) is 38.8 Å². The van der Waals surface area contributed by atoms with Gasteiger partial charge in [-0.1, -0.05) is 28.1 Å². The second-order valence-electron chi connectivity index (χ2n) is 5.38. The van der Waals surface area contributed by atoms with E-state index in [1.807, 2.05) is 0 Å². The minimum Gasteiger partial charge on any atom is -0.378 e. The van der Waals surface area contributed by atoms with Crippen LogP contribution < -0.4 is 5.32 Å². The molecule has 0 aliphatic heterocycles. The summed E-state index contributed by atoms with van der Waals surface area (Å²) in [6.07, 6.45) is 2.34. The Bertz CT molecular complexity index is 619. The number of aryl methyl sites for hydroxylation is 3. The maximum Gasteiger partial charge on any atom is 0.0519 e. The molecular formula is C17H18BrN. The zero-order valence-electron chi connectivity index (χ0n) is 11.3. The first kappa shape index (κ1) is 12.7. The van der Waals surface area contributed by atoms with Crippen molar-refractivity contribution >= 4 is 21.6 Å². The third-order valence-corrected chi connectivity index (χ3v) is 4.52. The smallest absolute Gasteiger partial charge is 0.0519 e. The Hall–Kier alpha value is -1.28. The van der Waals surface area contributed by atoms with Crippen LogP contribution in [0.2, 0.25) is 0 Å². The standard InChI is InChI=1S/C17H18BrN/c1-11-3-6-15(9-12(11)2)19-17-8-4-13-10-14(18)5-7-16(13)17/h3,5-7,9-10,17,19H,4,8H2,1-2H3. The molecule has 0 bridgehead atoms. The average molecular weight is 316 g/mol. The summed E-state index contributed by atoms with van der Waals surface area (Å²) in [5, 5.41) is 3.67. The minimum absolute atomic E-state index is 0.449. The van der Waals surface area contributed by atoms with Gasteiger partial charge >= 0.3 is 0 Å². The molecular weight excluding hydrogens is 298 g/mol. The monoisotopic (exact) mass is 315 g/mol. The Balaban J connectivity index is 1.84. The van der Waals surface area contributed by atoms with Gasteiger partial charge in [0.1, 0.15) is 0 Å². The molecule has 2 aromatic rings. The summed E-state index contributed by atoms with van der Waals surface area (Å²) >= 11 is 3.55. The molecule has 1 aliphatic rings. The highest BCUT2D eigenvalue weighted by Crippen LogP contribution is 2.35. The second kappa shape index (κ2) is 5.01. The molecule has 0 spiro atoms. The largest absolute Gasteiger partial charge is 0.378 e. The fourth-order valence-electron chi connectivity index (χ4n) is 2.77. The number of hydrogen-bond donors (Lipinski definition) is 1. The lowest BCUT2D eigenvalue weighted by Gasteiger charge is -2.16. The lowest BCUT2D eigenvalue weighted by molar-refractivity contribution is 0.762. The van der Waals surface area contributed by atoms with Crippen molar-refractivity contribution < 1.29 is 0 Å². The molecule has 98 valence electrons. The Morgan fingerprint density at radius 2 is 1.89 bits per heavy atom. The zero-order valence-corrected chi connectivity index (χ0v) is 12.9. The van der Waals surface area contributed by atoms with Gasteiger partial charge < -0.3 is 5.32 Å². The lowest BCUT2D eigenvalue weighted by atomic mass is 10.1. The van der Waals surface area contributed by atoms with E-state index in [2.05, 4.69) is 71.5 Å². The van der Waals surface area contributed by atoms with E-state index in [9.17, 15) is 0 Å². The van der Waals surface area contributed by atoms with Crippen LogP contribution in [0.4, 0.5) is 5.69 Å². The molecule has 2 aromatic carbocycles. The number of anilines is 1. The molecule has 1 nitrogen and oxygen atoms in total. The van der Waals surface area contributed by atoms with Crippen LogP contribution in [0.5, 0.6) is 0 Å². The summed E-state index contributed by atoms with van der Waals surface area (Å²) in [4.78, 5) is 0. The summed E-state index contributed by atoms with van der Waals surface area (Å²) < 4.78 is 1.18. The van der Waals surface area contributed by atoms with Crippen molar-refractivity contribution in [3.05, 3.63) is 63.1 Å². The predicted molar refractivity (Wildman–Crippen MR) is 84.7 cm³/mol. The van der Waals surface area contributed by atoms with Gasteiger partial charge in [0.05, 0.1) is 6.04 Å². The van der Waals surface area contributed by atoms with E-state index < -0.39 is 0 Å². The second-order valence-corrected chi connectivity index (χ2v) is 6.29. The van der Waals surface area contributed by atoms with Crippen molar-refractivity contribution in [2.45, 2.75) is 32.7 Å². The maximum atomic E-state index is 3.67. The van der Waals surface area contributed by atoms with Crippen molar-refractivity contribution in [1.82, 2.24) is 0 Å². The molecule has 2 heteroatoms. The molecule has 1 atom stereocenters. The fraction of sp³-hybridized carbons (Fsp3) is 0.294. The molecule has 0 amide bonds. The first-order valence-electron chi connectivity index (χ1n) is 6.75. The summed E-state index contributed by atoms with van der Waals surface area (Å²) in [5.74, 6) is 0. The third kappa shape index (κ3) is 2.55. The molecule has 19 heavy (non-hydrogen) atoms. The van der Waals surface area contributed by atoms with Gasteiger partial charge in [-0.3, -0.25) is 0 Å². The quantitative estimate of drug-likeness (QED) is 0.806. The Morgan fingerprint density at radius 1 is 1.05 bits per heavy atom. The number of hydrogen-bond acceptors (Lipinski definition) is 1. The van der Waals surface area contributed by atoms with Crippen LogP contribution in [0.15, 0.2) is 40.9 Å². The molecule has 0 fully saturated rings. The fourth-order valence-corrected chi connectivity index (χ4v) is 3.18. The Labute approximate surface area is 123 Å². The molecule has 1 unspecified atom stereocenters. The predicted octanol–water partition coefficient (Wildman–Crippen LogP) is 5.17.